The summed E-state index contributed by atoms with van der Waals surface area (Å²) in [5.74, 6) is 1.37. The summed E-state index contributed by atoms with van der Waals surface area (Å²) >= 11 is 0. The SMILES string of the molecule is CCN(CC)C(=O)c1ccc(NCc2ccc(OC)cc2)nn1. The Bertz CT molecular complexity index is 622. The van der Waals surface area contributed by atoms with Gasteiger partial charge in [0.25, 0.3) is 5.91 Å². The molecule has 0 radical (unpaired) electrons. The lowest BCUT2D eigenvalue weighted by Crippen LogP contribution is -2.31. The summed E-state index contributed by atoms with van der Waals surface area (Å²) in [7, 11) is 1.64. The predicted molar refractivity (Wildman–Crippen MR) is 89.6 cm³/mol. The van der Waals surface area contributed by atoms with Crippen LogP contribution < -0.4 is 10.1 Å². The van der Waals surface area contributed by atoms with Crippen LogP contribution in [0.4, 0.5) is 5.82 Å². The van der Waals surface area contributed by atoms with Crippen molar-refractivity contribution >= 4 is 11.7 Å². The lowest BCUT2D eigenvalue weighted by atomic mass is 10.2. The maximum atomic E-state index is 12.1. The number of rotatable bonds is 7. The smallest absolute Gasteiger partial charge is 0.274 e. The summed E-state index contributed by atoms with van der Waals surface area (Å²) in [6.07, 6.45) is 0. The number of ether oxygens (including phenoxy) is 1. The molecule has 1 aromatic heterocycles. The fourth-order valence-corrected chi connectivity index (χ4v) is 2.15. The van der Waals surface area contributed by atoms with Crippen molar-refractivity contribution in [2.45, 2.75) is 20.4 Å². The fraction of sp³-hybridized carbons (Fsp3) is 0.353. The van der Waals surface area contributed by atoms with Crippen molar-refractivity contribution in [1.82, 2.24) is 15.1 Å². The predicted octanol–water partition coefficient (Wildman–Crippen LogP) is 2.58. The van der Waals surface area contributed by atoms with E-state index in [9.17, 15) is 4.79 Å². The van der Waals surface area contributed by atoms with Crippen LogP contribution in [0.25, 0.3) is 0 Å². The fourth-order valence-electron chi connectivity index (χ4n) is 2.15. The summed E-state index contributed by atoms with van der Waals surface area (Å²) in [4.78, 5) is 13.9. The van der Waals surface area contributed by atoms with Gasteiger partial charge >= 0.3 is 0 Å². The molecule has 0 atom stereocenters. The lowest BCUT2D eigenvalue weighted by molar-refractivity contribution is 0.0766. The Balaban J connectivity index is 1.95. The van der Waals surface area contributed by atoms with E-state index in [2.05, 4.69) is 15.5 Å². The number of nitrogens with zero attached hydrogens (tertiary/aromatic N) is 3. The van der Waals surface area contributed by atoms with Crippen LogP contribution in [0.1, 0.15) is 29.9 Å². The van der Waals surface area contributed by atoms with Gasteiger partial charge in [-0.25, -0.2) is 0 Å². The number of carbonyl (C=O) groups excluding carboxylic acids is 1. The summed E-state index contributed by atoms with van der Waals surface area (Å²) in [5, 5.41) is 11.3. The van der Waals surface area contributed by atoms with Gasteiger partial charge in [-0.15, -0.1) is 10.2 Å². The van der Waals surface area contributed by atoms with Gasteiger partial charge in [-0.1, -0.05) is 12.1 Å². The van der Waals surface area contributed by atoms with Crippen LogP contribution in [-0.2, 0) is 6.54 Å². The average molecular weight is 314 g/mol. The summed E-state index contributed by atoms with van der Waals surface area (Å²) < 4.78 is 5.13. The van der Waals surface area contributed by atoms with E-state index >= 15 is 0 Å². The van der Waals surface area contributed by atoms with Crippen LogP contribution in [-0.4, -0.2) is 41.2 Å². The van der Waals surface area contributed by atoms with Crippen molar-refractivity contribution < 1.29 is 9.53 Å². The minimum absolute atomic E-state index is 0.0933. The Hall–Kier alpha value is -2.63. The summed E-state index contributed by atoms with van der Waals surface area (Å²) in [6.45, 7) is 5.84. The molecule has 0 spiro atoms. The second kappa shape index (κ2) is 8.12. The Kier molecular flexibility index (Phi) is 5.91. The van der Waals surface area contributed by atoms with Crippen LogP contribution in [0, 0.1) is 0 Å². The van der Waals surface area contributed by atoms with E-state index in [4.69, 9.17) is 4.74 Å². The quantitative estimate of drug-likeness (QED) is 0.851. The van der Waals surface area contributed by atoms with Gasteiger partial charge in [0.15, 0.2) is 5.69 Å². The van der Waals surface area contributed by atoms with Gasteiger partial charge < -0.3 is 15.0 Å². The molecule has 0 bridgehead atoms. The number of anilines is 1. The molecular formula is C17H22N4O2. The molecule has 23 heavy (non-hydrogen) atoms. The molecule has 1 heterocycles. The number of aromatic nitrogens is 2. The third-order valence-electron chi connectivity index (χ3n) is 3.57. The molecule has 0 aliphatic rings. The first-order chi connectivity index (χ1) is 11.2. The molecule has 6 heteroatoms. The van der Waals surface area contributed by atoms with Gasteiger partial charge in [0.2, 0.25) is 0 Å². The average Bonchev–Trinajstić information content (AvgIpc) is 2.61. The highest BCUT2D eigenvalue weighted by atomic mass is 16.5. The van der Waals surface area contributed by atoms with Crippen LogP contribution >= 0.6 is 0 Å². The molecule has 0 aliphatic heterocycles. The van der Waals surface area contributed by atoms with E-state index in [0.717, 1.165) is 11.3 Å². The van der Waals surface area contributed by atoms with Crippen molar-refractivity contribution in [1.29, 1.82) is 0 Å². The molecule has 0 saturated carbocycles. The molecule has 1 aromatic carbocycles. The number of nitrogens with one attached hydrogen (secondary N) is 1. The first-order valence-corrected chi connectivity index (χ1v) is 7.67. The lowest BCUT2D eigenvalue weighted by Gasteiger charge is -2.17. The van der Waals surface area contributed by atoms with Gasteiger partial charge in [-0.05, 0) is 43.7 Å². The first kappa shape index (κ1) is 16.7. The van der Waals surface area contributed by atoms with Gasteiger partial charge in [-0.3, -0.25) is 4.79 Å². The van der Waals surface area contributed by atoms with Crippen molar-refractivity contribution in [2.24, 2.45) is 0 Å². The number of amides is 1. The van der Waals surface area contributed by atoms with E-state index in [0.29, 0.717) is 31.1 Å². The third-order valence-corrected chi connectivity index (χ3v) is 3.57. The zero-order chi connectivity index (χ0) is 16.7. The molecule has 0 saturated heterocycles. The van der Waals surface area contributed by atoms with Gasteiger partial charge in [0.05, 0.1) is 7.11 Å². The first-order valence-electron chi connectivity index (χ1n) is 7.67. The van der Waals surface area contributed by atoms with Crippen molar-refractivity contribution in [3.63, 3.8) is 0 Å². The molecule has 2 aromatic rings. The monoisotopic (exact) mass is 314 g/mol. The Morgan fingerprint density at radius 2 is 1.78 bits per heavy atom. The maximum absolute atomic E-state index is 12.1. The Morgan fingerprint density at radius 3 is 2.30 bits per heavy atom. The summed E-state index contributed by atoms with van der Waals surface area (Å²) in [5.41, 5.74) is 1.47. The highest BCUT2D eigenvalue weighted by molar-refractivity contribution is 5.92. The van der Waals surface area contributed by atoms with E-state index in [1.54, 1.807) is 24.1 Å². The van der Waals surface area contributed by atoms with Gasteiger partial charge in [0.1, 0.15) is 11.6 Å². The van der Waals surface area contributed by atoms with E-state index in [1.165, 1.54) is 0 Å². The zero-order valence-electron chi connectivity index (χ0n) is 13.7. The number of hydrogen-bond donors (Lipinski definition) is 1. The minimum Gasteiger partial charge on any atom is -0.497 e. The van der Waals surface area contributed by atoms with E-state index in [1.807, 2.05) is 38.1 Å². The Morgan fingerprint density at radius 1 is 1.09 bits per heavy atom. The normalized spacial score (nSPS) is 10.2. The van der Waals surface area contributed by atoms with Crippen LogP contribution in [0.15, 0.2) is 36.4 Å². The van der Waals surface area contributed by atoms with E-state index in [-0.39, 0.29) is 5.91 Å². The van der Waals surface area contributed by atoms with Gasteiger partial charge in [-0.2, -0.15) is 0 Å². The largest absolute Gasteiger partial charge is 0.497 e. The highest BCUT2D eigenvalue weighted by Gasteiger charge is 2.14. The molecule has 122 valence electrons. The van der Waals surface area contributed by atoms with Crippen LogP contribution in [0.3, 0.4) is 0 Å². The molecule has 0 fully saturated rings. The van der Waals surface area contributed by atoms with Crippen molar-refractivity contribution in [3.8, 4) is 5.75 Å². The number of hydrogen-bond acceptors (Lipinski definition) is 5. The maximum Gasteiger partial charge on any atom is 0.274 e. The van der Waals surface area contributed by atoms with Crippen molar-refractivity contribution in [3.05, 3.63) is 47.7 Å². The third kappa shape index (κ3) is 4.42. The number of methoxy groups -OCH3 is 1. The van der Waals surface area contributed by atoms with Gasteiger partial charge in [0, 0.05) is 19.6 Å². The molecule has 1 N–H and O–H groups in total. The molecule has 0 aliphatic carbocycles. The molecule has 1 amide bonds. The summed E-state index contributed by atoms with van der Waals surface area (Å²) in [6, 6.07) is 11.3. The highest BCUT2D eigenvalue weighted by Crippen LogP contribution is 2.12. The second-order valence-electron chi connectivity index (χ2n) is 4.98. The zero-order valence-corrected chi connectivity index (χ0v) is 13.7. The molecule has 0 unspecified atom stereocenters. The Labute approximate surface area is 136 Å². The van der Waals surface area contributed by atoms with Crippen LogP contribution in [0.2, 0.25) is 0 Å². The number of carbonyl (C=O) groups is 1. The number of benzene rings is 1. The second-order valence-corrected chi connectivity index (χ2v) is 4.98. The molecule has 6 nitrogen and oxygen atoms in total. The molecule has 2 rings (SSSR count). The topological polar surface area (TPSA) is 67.4 Å². The minimum atomic E-state index is -0.0933. The molecular weight excluding hydrogens is 292 g/mol. The van der Waals surface area contributed by atoms with E-state index < -0.39 is 0 Å². The van der Waals surface area contributed by atoms with Crippen molar-refractivity contribution in [2.75, 3.05) is 25.5 Å². The standard InChI is InChI=1S/C17H22N4O2/c1-4-21(5-2)17(22)15-10-11-16(20-19-15)18-12-13-6-8-14(23-3)9-7-13/h6-11H,4-5,12H2,1-3H3,(H,18,20). The van der Waals surface area contributed by atoms with Crippen LogP contribution in [0.5, 0.6) is 5.75 Å².